The van der Waals surface area contributed by atoms with Crippen molar-refractivity contribution in [3.63, 3.8) is 0 Å². The molecule has 0 radical (unpaired) electrons. The topological polar surface area (TPSA) is 52.6 Å². The molecule has 0 spiro atoms. The molecule has 0 bridgehead atoms. The maximum absolute atomic E-state index is 12.3. The van der Waals surface area contributed by atoms with Crippen LogP contribution >= 0.6 is 11.8 Å². The Morgan fingerprint density at radius 1 is 0.487 bits per heavy atom. The molecule has 4 rings (SSSR count). The Balaban J connectivity index is 1.09. The molecule has 0 unspecified atom stereocenters. The number of carbonyl (C=O) groups is 2. The zero-order chi connectivity index (χ0) is 27.1. The Bertz CT molecular complexity index is 1270. The van der Waals surface area contributed by atoms with Gasteiger partial charge in [-0.15, -0.1) is 0 Å². The van der Waals surface area contributed by atoms with Gasteiger partial charge in [-0.3, -0.25) is 0 Å². The molecular weight excluding hydrogens is 504 g/mol. The highest BCUT2D eigenvalue weighted by atomic mass is 32.2. The normalized spacial score (nSPS) is 11.1. The predicted molar refractivity (Wildman–Crippen MR) is 162 cm³/mol. The summed E-state index contributed by atoms with van der Waals surface area (Å²) in [6.45, 7) is 0.593. The summed E-state index contributed by atoms with van der Waals surface area (Å²) in [7, 11) is 0. The molecule has 0 aliphatic carbocycles. The summed E-state index contributed by atoms with van der Waals surface area (Å²) in [6.07, 6.45) is 8.08. The summed E-state index contributed by atoms with van der Waals surface area (Å²) in [6, 6.07) is 34.8. The van der Waals surface area contributed by atoms with Crippen molar-refractivity contribution in [3.05, 3.63) is 143 Å². The Morgan fingerprint density at radius 3 is 1.18 bits per heavy atom. The van der Waals surface area contributed by atoms with E-state index in [0.717, 1.165) is 22.3 Å². The molecule has 0 aromatic heterocycles. The van der Waals surface area contributed by atoms with E-state index in [2.05, 4.69) is 0 Å². The first-order chi connectivity index (χ1) is 19.2. The molecule has 0 aliphatic rings. The number of rotatable bonds is 12. The fourth-order valence-electron chi connectivity index (χ4n) is 3.63. The van der Waals surface area contributed by atoms with Crippen LogP contribution in [0.1, 0.15) is 43.0 Å². The molecule has 0 aliphatic heterocycles. The SMILES string of the molecule is O=C(OCCSCCOC(=O)c1ccc(C=Cc2ccccc2)cc1)c1ccc(C=Cc2ccccc2)cc1. The second-order valence-electron chi connectivity index (χ2n) is 8.62. The number of hydrogen-bond acceptors (Lipinski definition) is 5. The van der Waals surface area contributed by atoms with E-state index in [4.69, 9.17) is 9.47 Å². The van der Waals surface area contributed by atoms with E-state index in [-0.39, 0.29) is 11.9 Å². The van der Waals surface area contributed by atoms with Crippen LogP contribution in [-0.4, -0.2) is 36.7 Å². The number of carbonyl (C=O) groups excluding carboxylic acids is 2. The van der Waals surface area contributed by atoms with Gasteiger partial charge in [-0.1, -0.05) is 109 Å². The number of esters is 2. The standard InChI is InChI=1S/C34H30O4S/c35-33(31-19-15-29(16-20-31)13-11-27-7-3-1-4-8-27)37-23-25-39-26-24-38-34(36)32-21-17-30(18-22-32)14-12-28-9-5-2-6-10-28/h1-22H,23-26H2. The quantitative estimate of drug-likeness (QED) is 0.106. The van der Waals surface area contributed by atoms with Crippen molar-refractivity contribution in [1.82, 2.24) is 0 Å². The molecule has 196 valence electrons. The van der Waals surface area contributed by atoms with Gasteiger partial charge in [0.25, 0.3) is 0 Å². The third-order valence-corrected chi connectivity index (χ3v) is 6.66. The van der Waals surface area contributed by atoms with Gasteiger partial charge in [0.1, 0.15) is 13.2 Å². The van der Waals surface area contributed by atoms with Crippen LogP contribution in [0.5, 0.6) is 0 Å². The second-order valence-corrected chi connectivity index (χ2v) is 9.84. The molecule has 0 heterocycles. The van der Waals surface area contributed by atoms with Crippen LogP contribution in [0.2, 0.25) is 0 Å². The van der Waals surface area contributed by atoms with Crippen LogP contribution in [0.15, 0.2) is 109 Å². The third kappa shape index (κ3) is 9.47. The lowest BCUT2D eigenvalue weighted by atomic mass is 10.1. The third-order valence-electron chi connectivity index (χ3n) is 5.75. The summed E-state index contributed by atoms with van der Waals surface area (Å²) >= 11 is 1.57. The number of thioether (sulfide) groups is 1. The van der Waals surface area contributed by atoms with Gasteiger partial charge in [0.15, 0.2) is 0 Å². The Morgan fingerprint density at radius 2 is 0.821 bits per heavy atom. The lowest BCUT2D eigenvalue weighted by molar-refractivity contribution is 0.0525. The van der Waals surface area contributed by atoms with E-state index in [1.165, 1.54) is 0 Å². The van der Waals surface area contributed by atoms with Crippen molar-refractivity contribution < 1.29 is 19.1 Å². The molecular formula is C34H30O4S. The van der Waals surface area contributed by atoms with E-state index in [1.54, 1.807) is 36.0 Å². The minimum atomic E-state index is -0.345. The first-order valence-corrected chi connectivity index (χ1v) is 13.9. The van der Waals surface area contributed by atoms with E-state index in [0.29, 0.717) is 35.8 Å². The molecule has 4 nitrogen and oxygen atoms in total. The number of hydrogen-bond donors (Lipinski definition) is 0. The molecule has 0 saturated carbocycles. The number of ether oxygens (including phenoxy) is 2. The van der Waals surface area contributed by atoms with E-state index in [9.17, 15) is 9.59 Å². The zero-order valence-electron chi connectivity index (χ0n) is 21.6. The zero-order valence-corrected chi connectivity index (χ0v) is 22.4. The maximum atomic E-state index is 12.3. The summed E-state index contributed by atoms with van der Waals surface area (Å²) in [5.41, 5.74) is 5.30. The molecule has 5 heteroatoms. The maximum Gasteiger partial charge on any atom is 0.338 e. The van der Waals surface area contributed by atoms with E-state index < -0.39 is 0 Å². The molecule has 4 aromatic rings. The highest BCUT2D eigenvalue weighted by Crippen LogP contribution is 2.13. The van der Waals surface area contributed by atoms with Crippen LogP contribution in [0, 0.1) is 0 Å². The lowest BCUT2D eigenvalue weighted by Gasteiger charge is -2.07. The minimum absolute atomic E-state index is 0.297. The van der Waals surface area contributed by atoms with Crippen molar-refractivity contribution in [1.29, 1.82) is 0 Å². The second kappa shape index (κ2) is 15.2. The number of benzene rings is 4. The predicted octanol–water partition coefficient (Wildman–Crippen LogP) is 7.77. The monoisotopic (exact) mass is 534 g/mol. The van der Waals surface area contributed by atoms with Crippen LogP contribution in [0.3, 0.4) is 0 Å². The molecule has 0 amide bonds. The van der Waals surface area contributed by atoms with Gasteiger partial charge in [-0.25, -0.2) is 9.59 Å². The molecule has 0 saturated heterocycles. The van der Waals surface area contributed by atoms with Gasteiger partial charge in [-0.05, 0) is 46.5 Å². The first kappa shape index (κ1) is 27.7. The summed E-state index contributed by atoms with van der Waals surface area (Å²) in [5, 5.41) is 0. The van der Waals surface area contributed by atoms with Gasteiger partial charge in [-0.2, -0.15) is 11.8 Å². The Kier molecular flexibility index (Phi) is 10.8. The average Bonchev–Trinajstić information content (AvgIpc) is 3.00. The van der Waals surface area contributed by atoms with Crippen molar-refractivity contribution in [2.45, 2.75) is 0 Å². The highest BCUT2D eigenvalue weighted by molar-refractivity contribution is 7.99. The smallest absolute Gasteiger partial charge is 0.338 e. The van der Waals surface area contributed by atoms with Crippen molar-refractivity contribution in [3.8, 4) is 0 Å². The fourth-order valence-corrected chi connectivity index (χ4v) is 4.24. The van der Waals surface area contributed by atoms with Gasteiger partial charge in [0.05, 0.1) is 11.1 Å². The lowest BCUT2D eigenvalue weighted by Crippen LogP contribution is -2.10. The highest BCUT2D eigenvalue weighted by Gasteiger charge is 2.08. The van der Waals surface area contributed by atoms with Gasteiger partial charge < -0.3 is 9.47 Å². The van der Waals surface area contributed by atoms with Crippen LogP contribution in [-0.2, 0) is 9.47 Å². The van der Waals surface area contributed by atoms with Gasteiger partial charge >= 0.3 is 11.9 Å². The molecule has 0 N–H and O–H groups in total. The van der Waals surface area contributed by atoms with E-state index >= 15 is 0 Å². The van der Waals surface area contributed by atoms with Crippen LogP contribution < -0.4 is 0 Å². The summed E-state index contributed by atoms with van der Waals surface area (Å²) < 4.78 is 10.7. The van der Waals surface area contributed by atoms with Crippen LogP contribution in [0.4, 0.5) is 0 Å². The average molecular weight is 535 g/mol. The van der Waals surface area contributed by atoms with Gasteiger partial charge in [0, 0.05) is 11.5 Å². The molecule has 0 atom stereocenters. The van der Waals surface area contributed by atoms with Gasteiger partial charge in [0.2, 0.25) is 0 Å². The van der Waals surface area contributed by atoms with Crippen molar-refractivity contribution >= 4 is 48.0 Å². The summed E-state index contributed by atoms with van der Waals surface area (Å²) in [5.74, 6) is 0.568. The molecule has 4 aromatic carbocycles. The van der Waals surface area contributed by atoms with Crippen molar-refractivity contribution in [2.24, 2.45) is 0 Å². The summed E-state index contributed by atoms with van der Waals surface area (Å²) in [4.78, 5) is 24.6. The van der Waals surface area contributed by atoms with Crippen LogP contribution in [0.25, 0.3) is 24.3 Å². The Hall–Kier alpha value is -4.35. The van der Waals surface area contributed by atoms with Crippen molar-refractivity contribution in [2.75, 3.05) is 24.7 Å². The minimum Gasteiger partial charge on any atom is -0.461 e. The van der Waals surface area contributed by atoms with E-state index in [1.807, 2.05) is 109 Å². The fraction of sp³-hybridized carbons (Fsp3) is 0.118. The molecule has 39 heavy (non-hydrogen) atoms. The Labute approximate surface area is 234 Å². The first-order valence-electron chi connectivity index (χ1n) is 12.8. The largest absolute Gasteiger partial charge is 0.461 e. The molecule has 0 fully saturated rings.